The Morgan fingerprint density at radius 1 is 1.30 bits per heavy atom. The van der Waals surface area contributed by atoms with Gasteiger partial charge in [-0.1, -0.05) is 12.1 Å². The van der Waals surface area contributed by atoms with Crippen molar-refractivity contribution in [3.8, 4) is 0 Å². The van der Waals surface area contributed by atoms with Crippen LogP contribution in [0.2, 0.25) is 0 Å². The van der Waals surface area contributed by atoms with Crippen LogP contribution in [0.25, 0.3) is 11.0 Å². The summed E-state index contributed by atoms with van der Waals surface area (Å²) in [7, 11) is 0. The predicted molar refractivity (Wildman–Crippen MR) is 94.3 cm³/mol. The third-order valence-corrected chi connectivity index (χ3v) is 3.96. The number of alkyl halides is 3. The van der Waals surface area contributed by atoms with E-state index in [9.17, 15) is 17.6 Å². The summed E-state index contributed by atoms with van der Waals surface area (Å²) in [6, 6.07) is 8.52. The second-order valence-electron chi connectivity index (χ2n) is 5.53. The van der Waals surface area contributed by atoms with Gasteiger partial charge < -0.3 is 10.1 Å². The molecule has 0 saturated heterocycles. The van der Waals surface area contributed by atoms with Crippen LogP contribution in [0.15, 0.2) is 42.7 Å². The number of aromatic amines is 1. The van der Waals surface area contributed by atoms with E-state index >= 15 is 0 Å². The molecule has 2 aromatic heterocycles. The molecule has 0 radical (unpaired) electrons. The number of aromatic nitrogens is 3. The summed E-state index contributed by atoms with van der Waals surface area (Å²) in [5.41, 5.74) is 2.75. The molecule has 1 aromatic carbocycles. The quantitative estimate of drug-likeness (QED) is 0.456. The third kappa shape index (κ3) is 5.95. The SMILES string of the molecule is Fc1cccc(C[C@H](CS)c2nc3ccncc3[nH]2)c1.O=C(O)C(F)(F)F. The third-order valence-electron chi connectivity index (χ3n) is 3.52. The number of H-pyrrole nitrogens is 1. The molecular weight excluding hydrogens is 386 g/mol. The molecule has 1 atom stereocenters. The lowest BCUT2D eigenvalue weighted by Crippen LogP contribution is -2.21. The lowest BCUT2D eigenvalue weighted by atomic mass is 10.0. The summed E-state index contributed by atoms with van der Waals surface area (Å²) in [4.78, 5) is 20.8. The van der Waals surface area contributed by atoms with E-state index in [1.165, 1.54) is 6.07 Å². The number of halogens is 4. The second kappa shape index (κ2) is 8.85. The minimum atomic E-state index is -5.08. The number of aliphatic carboxylic acids is 1. The van der Waals surface area contributed by atoms with Crippen molar-refractivity contribution in [3.63, 3.8) is 0 Å². The molecular formula is C17H15F4N3O2S. The fourth-order valence-electron chi connectivity index (χ4n) is 2.27. The van der Waals surface area contributed by atoms with Gasteiger partial charge in [-0.25, -0.2) is 14.2 Å². The number of pyridine rings is 1. The van der Waals surface area contributed by atoms with Crippen LogP contribution in [0.5, 0.6) is 0 Å². The van der Waals surface area contributed by atoms with E-state index in [1.54, 1.807) is 24.5 Å². The van der Waals surface area contributed by atoms with Gasteiger partial charge >= 0.3 is 12.1 Å². The van der Waals surface area contributed by atoms with Crippen LogP contribution in [0.1, 0.15) is 17.3 Å². The maximum absolute atomic E-state index is 13.2. The van der Waals surface area contributed by atoms with E-state index < -0.39 is 12.1 Å². The zero-order valence-corrected chi connectivity index (χ0v) is 14.6. The number of imidazole rings is 1. The topological polar surface area (TPSA) is 78.9 Å². The number of carboxylic acid groups (broad SMARTS) is 1. The molecule has 10 heteroatoms. The first-order valence-electron chi connectivity index (χ1n) is 7.65. The van der Waals surface area contributed by atoms with Gasteiger partial charge in [0, 0.05) is 17.9 Å². The van der Waals surface area contributed by atoms with Crippen molar-refractivity contribution in [1.29, 1.82) is 0 Å². The average molecular weight is 401 g/mol. The highest BCUT2D eigenvalue weighted by Crippen LogP contribution is 2.22. The maximum atomic E-state index is 13.2. The Balaban J connectivity index is 0.000000321. The number of carbonyl (C=O) groups is 1. The van der Waals surface area contributed by atoms with Gasteiger partial charge in [0.15, 0.2) is 0 Å². The number of fused-ring (bicyclic) bond motifs is 1. The molecule has 27 heavy (non-hydrogen) atoms. The van der Waals surface area contributed by atoms with Crippen molar-refractivity contribution >= 4 is 29.6 Å². The van der Waals surface area contributed by atoms with Crippen molar-refractivity contribution in [2.24, 2.45) is 0 Å². The maximum Gasteiger partial charge on any atom is 0.490 e. The Hall–Kier alpha value is -2.62. The van der Waals surface area contributed by atoms with E-state index in [2.05, 4.69) is 27.6 Å². The Labute approximate surface area is 156 Å². The molecule has 144 valence electrons. The summed E-state index contributed by atoms with van der Waals surface area (Å²) in [5, 5.41) is 7.12. The van der Waals surface area contributed by atoms with E-state index in [1.807, 2.05) is 12.1 Å². The molecule has 0 bridgehead atoms. The number of nitrogens with one attached hydrogen (secondary N) is 1. The van der Waals surface area contributed by atoms with Gasteiger partial charge in [-0.2, -0.15) is 25.8 Å². The minimum absolute atomic E-state index is 0.118. The molecule has 2 N–H and O–H groups in total. The van der Waals surface area contributed by atoms with Crippen molar-refractivity contribution in [1.82, 2.24) is 15.0 Å². The van der Waals surface area contributed by atoms with Gasteiger partial charge in [0.25, 0.3) is 0 Å². The first kappa shape index (κ1) is 20.7. The molecule has 3 aromatic rings. The average Bonchev–Trinajstić information content (AvgIpc) is 3.03. The fourth-order valence-corrected chi connectivity index (χ4v) is 2.57. The number of nitrogens with zero attached hydrogens (tertiary/aromatic N) is 2. The Morgan fingerprint density at radius 3 is 2.56 bits per heavy atom. The molecule has 0 amide bonds. The van der Waals surface area contributed by atoms with Crippen LogP contribution < -0.4 is 0 Å². The number of carboxylic acids is 1. The molecule has 0 fully saturated rings. The normalized spacial score (nSPS) is 12.3. The standard InChI is InChI=1S/C15H14FN3S.C2HF3O2/c16-12-3-1-2-10(7-12)6-11(9-20)15-18-13-4-5-17-8-14(13)19-15;3-2(4,5)1(6)7/h1-5,7-8,11,20H,6,9H2,(H,18,19);(H,6,7)/t11-;/m1./s1. The van der Waals surface area contributed by atoms with E-state index in [0.29, 0.717) is 12.2 Å². The summed E-state index contributed by atoms with van der Waals surface area (Å²) in [5.74, 6) is -1.34. The van der Waals surface area contributed by atoms with Crippen LogP contribution in [-0.4, -0.2) is 38.0 Å². The van der Waals surface area contributed by atoms with Crippen LogP contribution >= 0.6 is 12.6 Å². The first-order valence-corrected chi connectivity index (χ1v) is 8.29. The number of hydrogen-bond donors (Lipinski definition) is 3. The van der Waals surface area contributed by atoms with Gasteiger partial charge in [0.1, 0.15) is 11.6 Å². The highest BCUT2D eigenvalue weighted by Gasteiger charge is 2.38. The van der Waals surface area contributed by atoms with Gasteiger partial charge in [-0.3, -0.25) is 4.98 Å². The van der Waals surface area contributed by atoms with Crippen molar-refractivity contribution < 1.29 is 27.5 Å². The van der Waals surface area contributed by atoms with Crippen molar-refractivity contribution in [2.45, 2.75) is 18.5 Å². The number of hydrogen-bond acceptors (Lipinski definition) is 4. The number of thiol groups is 1. The van der Waals surface area contributed by atoms with Gasteiger partial charge in [0.05, 0.1) is 17.2 Å². The largest absolute Gasteiger partial charge is 0.490 e. The molecule has 0 aliphatic rings. The minimum Gasteiger partial charge on any atom is -0.475 e. The lowest BCUT2D eigenvalue weighted by molar-refractivity contribution is -0.192. The molecule has 0 saturated carbocycles. The molecule has 2 heterocycles. The van der Waals surface area contributed by atoms with Crippen molar-refractivity contribution in [3.05, 3.63) is 59.9 Å². The Kier molecular flexibility index (Phi) is 6.78. The summed E-state index contributed by atoms with van der Waals surface area (Å²) in [6.45, 7) is 0. The molecule has 0 spiro atoms. The van der Waals surface area contributed by atoms with E-state index in [4.69, 9.17) is 9.90 Å². The summed E-state index contributed by atoms with van der Waals surface area (Å²) < 4.78 is 45.0. The highest BCUT2D eigenvalue weighted by molar-refractivity contribution is 7.80. The van der Waals surface area contributed by atoms with Gasteiger partial charge in [0.2, 0.25) is 0 Å². The Morgan fingerprint density at radius 2 is 2.00 bits per heavy atom. The molecule has 0 aliphatic heterocycles. The zero-order valence-electron chi connectivity index (χ0n) is 13.7. The zero-order chi connectivity index (χ0) is 20.0. The highest BCUT2D eigenvalue weighted by atomic mass is 32.1. The van der Waals surface area contributed by atoms with E-state index in [-0.39, 0.29) is 11.7 Å². The molecule has 3 rings (SSSR count). The number of benzene rings is 1. The molecule has 0 aliphatic carbocycles. The first-order chi connectivity index (χ1) is 12.7. The second-order valence-corrected chi connectivity index (χ2v) is 5.90. The smallest absolute Gasteiger partial charge is 0.475 e. The van der Waals surface area contributed by atoms with Gasteiger partial charge in [-0.05, 0) is 30.2 Å². The van der Waals surface area contributed by atoms with Crippen LogP contribution in [-0.2, 0) is 11.2 Å². The monoisotopic (exact) mass is 401 g/mol. The summed E-state index contributed by atoms with van der Waals surface area (Å²) in [6.07, 6.45) is -0.909. The Bertz CT molecular complexity index is 881. The van der Waals surface area contributed by atoms with Gasteiger partial charge in [-0.15, -0.1) is 0 Å². The molecule has 0 unspecified atom stereocenters. The van der Waals surface area contributed by atoms with Crippen molar-refractivity contribution in [2.75, 3.05) is 5.75 Å². The number of rotatable bonds is 4. The van der Waals surface area contributed by atoms with Crippen LogP contribution in [0, 0.1) is 5.82 Å². The summed E-state index contributed by atoms with van der Waals surface area (Å²) >= 11 is 4.40. The van der Waals surface area contributed by atoms with E-state index in [0.717, 1.165) is 22.4 Å². The van der Waals surface area contributed by atoms with Crippen LogP contribution in [0.3, 0.4) is 0 Å². The fraction of sp³-hybridized carbons (Fsp3) is 0.235. The lowest BCUT2D eigenvalue weighted by Gasteiger charge is -2.11. The molecule has 5 nitrogen and oxygen atoms in total. The van der Waals surface area contributed by atoms with Crippen LogP contribution in [0.4, 0.5) is 17.6 Å². The predicted octanol–water partition coefficient (Wildman–Crippen LogP) is 3.99.